The Bertz CT molecular complexity index is 995. The van der Waals surface area contributed by atoms with Crippen molar-refractivity contribution >= 4 is 38.6 Å². The number of rotatable bonds is 6. The molecular weight excluding hydrogens is 402 g/mol. The van der Waals surface area contributed by atoms with Crippen molar-refractivity contribution in [3.63, 3.8) is 0 Å². The molecule has 156 valence electrons. The largest absolute Gasteiger partial charge is 0.465 e. The van der Waals surface area contributed by atoms with E-state index in [1.807, 2.05) is 24.3 Å². The molecule has 0 aliphatic carbocycles. The molecule has 1 saturated heterocycles. The van der Waals surface area contributed by atoms with Gasteiger partial charge in [0.05, 0.1) is 36.1 Å². The fourth-order valence-corrected chi connectivity index (χ4v) is 4.34. The Labute approximate surface area is 178 Å². The lowest BCUT2D eigenvalue weighted by atomic mass is 10.1. The minimum atomic E-state index is -0.427. The van der Waals surface area contributed by atoms with Crippen molar-refractivity contribution in [1.82, 2.24) is 9.88 Å². The fraction of sp³-hybridized carbons (Fsp3) is 0.318. The lowest BCUT2D eigenvalue weighted by Gasteiger charge is -2.29. The normalized spacial score (nSPS) is 14.6. The minimum absolute atomic E-state index is 0.140. The highest BCUT2D eigenvalue weighted by Crippen LogP contribution is 2.29. The molecular formula is C22H23N3O4S. The zero-order valence-electron chi connectivity index (χ0n) is 16.7. The van der Waals surface area contributed by atoms with Crippen LogP contribution in [0.3, 0.4) is 0 Å². The average Bonchev–Trinajstić information content (AvgIpc) is 3.23. The third-order valence-corrected chi connectivity index (χ3v) is 6.11. The van der Waals surface area contributed by atoms with Crippen molar-refractivity contribution in [2.45, 2.75) is 0 Å². The maximum Gasteiger partial charge on any atom is 0.337 e. The van der Waals surface area contributed by atoms with E-state index >= 15 is 0 Å². The smallest absolute Gasteiger partial charge is 0.337 e. The summed E-state index contributed by atoms with van der Waals surface area (Å²) in [5.41, 5.74) is 1.79. The number of methoxy groups -OCH3 is 1. The second-order valence-corrected chi connectivity index (χ2v) is 7.95. The first-order chi connectivity index (χ1) is 14.7. The van der Waals surface area contributed by atoms with E-state index in [1.165, 1.54) is 18.4 Å². The molecule has 2 aromatic carbocycles. The second kappa shape index (κ2) is 9.34. The van der Waals surface area contributed by atoms with Crippen molar-refractivity contribution in [3.8, 4) is 0 Å². The third kappa shape index (κ3) is 4.51. The Morgan fingerprint density at radius 3 is 2.50 bits per heavy atom. The van der Waals surface area contributed by atoms with Gasteiger partial charge in [-0.05, 0) is 36.4 Å². The zero-order valence-corrected chi connectivity index (χ0v) is 17.6. The molecule has 1 fully saturated rings. The number of amides is 1. The summed E-state index contributed by atoms with van der Waals surface area (Å²) in [5.74, 6) is -0.567. The number of esters is 1. The van der Waals surface area contributed by atoms with E-state index in [4.69, 9.17) is 9.47 Å². The number of ether oxygens (including phenoxy) is 2. The highest BCUT2D eigenvalue weighted by atomic mass is 32.1. The van der Waals surface area contributed by atoms with Gasteiger partial charge in [0.15, 0.2) is 5.13 Å². The molecule has 2 heterocycles. The number of hydrogen-bond acceptors (Lipinski definition) is 7. The van der Waals surface area contributed by atoms with Gasteiger partial charge in [-0.1, -0.05) is 23.5 Å². The van der Waals surface area contributed by atoms with E-state index in [0.29, 0.717) is 36.0 Å². The topological polar surface area (TPSA) is 72.0 Å². The summed E-state index contributed by atoms with van der Waals surface area (Å²) in [7, 11) is 1.34. The van der Waals surface area contributed by atoms with E-state index in [9.17, 15) is 9.59 Å². The number of carbonyl (C=O) groups is 2. The molecule has 0 N–H and O–H groups in total. The SMILES string of the molecule is COC(=O)c1ccc(C(=O)N(CCN2CCOCC2)c2nc3ccccc3s2)cc1. The van der Waals surface area contributed by atoms with E-state index in [-0.39, 0.29) is 5.91 Å². The summed E-state index contributed by atoms with van der Waals surface area (Å²) in [6.07, 6.45) is 0. The number of hydrogen-bond donors (Lipinski definition) is 0. The van der Waals surface area contributed by atoms with Crippen LogP contribution in [0.4, 0.5) is 5.13 Å². The van der Waals surface area contributed by atoms with Gasteiger partial charge in [0, 0.05) is 31.7 Å². The highest BCUT2D eigenvalue weighted by Gasteiger charge is 2.23. The van der Waals surface area contributed by atoms with Gasteiger partial charge in [-0.3, -0.25) is 14.6 Å². The number of anilines is 1. The van der Waals surface area contributed by atoms with Crippen LogP contribution in [0.15, 0.2) is 48.5 Å². The molecule has 0 saturated carbocycles. The quantitative estimate of drug-likeness (QED) is 0.566. The molecule has 1 aliphatic rings. The number of morpholine rings is 1. The molecule has 1 amide bonds. The third-order valence-electron chi connectivity index (χ3n) is 5.06. The van der Waals surface area contributed by atoms with Crippen molar-refractivity contribution < 1.29 is 19.1 Å². The van der Waals surface area contributed by atoms with Crippen molar-refractivity contribution in [1.29, 1.82) is 0 Å². The Morgan fingerprint density at radius 2 is 1.80 bits per heavy atom. The molecule has 1 aromatic heterocycles. The zero-order chi connectivity index (χ0) is 20.9. The number of benzene rings is 2. The first-order valence-electron chi connectivity index (χ1n) is 9.81. The monoisotopic (exact) mass is 425 g/mol. The molecule has 0 bridgehead atoms. The van der Waals surface area contributed by atoms with Gasteiger partial charge < -0.3 is 9.47 Å². The molecule has 0 radical (unpaired) electrons. The van der Waals surface area contributed by atoms with E-state index in [1.54, 1.807) is 29.2 Å². The number of aromatic nitrogens is 1. The van der Waals surface area contributed by atoms with Gasteiger partial charge >= 0.3 is 5.97 Å². The Balaban J connectivity index is 1.59. The molecule has 8 heteroatoms. The maximum absolute atomic E-state index is 13.4. The van der Waals surface area contributed by atoms with Gasteiger partial charge in [-0.25, -0.2) is 9.78 Å². The highest BCUT2D eigenvalue weighted by molar-refractivity contribution is 7.22. The lowest BCUT2D eigenvalue weighted by molar-refractivity contribution is 0.0391. The summed E-state index contributed by atoms with van der Waals surface area (Å²) >= 11 is 1.50. The second-order valence-electron chi connectivity index (χ2n) is 6.94. The van der Waals surface area contributed by atoms with Crippen LogP contribution in [0.1, 0.15) is 20.7 Å². The molecule has 30 heavy (non-hydrogen) atoms. The predicted octanol–water partition coefficient (Wildman–Crippen LogP) is 3.06. The van der Waals surface area contributed by atoms with Crippen LogP contribution in [0.5, 0.6) is 0 Å². The Hall–Kier alpha value is -2.81. The molecule has 1 aliphatic heterocycles. The standard InChI is InChI=1S/C22H23N3O4S/c1-28-21(27)17-8-6-16(7-9-17)20(26)25(11-10-24-12-14-29-15-13-24)22-23-18-4-2-3-5-19(18)30-22/h2-9H,10-15H2,1H3. The van der Waals surface area contributed by atoms with E-state index in [0.717, 1.165) is 29.9 Å². The van der Waals surface area contributed by atoms with Crippen LogP contribution in [0.25, 0.3) is 10.2 Å². The Morgan fingerprint density at radius 1 is 1.10 bits per heavy atom. The average molecular weight is 426 g/mol. The molecule has 7 nitrogen and oxygen atoms in total. The summed E-state index contributed by atoms with van der Waals surface area (Å²) in [5, 5.41) is 0.673. The van der Waals surface area contributed by atoms with Crippen LogP contribution < -0.4 is 4.90 Å². The van der Waals surface area contributed by atoms with E-state index in [2.05, 4.69) is 9.88 Å². The van der Waals surface area contributed by atoms with Crippen LogP contribution in [0.2, 0.25) is 0 Å². The Kier molecular flexibility index (Phi) is 6.37. The van der Waals surface area contributed by atoms with Crippen LogP contribution in [-0.4, -0.2) is 68.3 Å². The summed E-state index contributed by atoms with van der Waals surface area (Å²) in [4.78, 5) is 33.8. The fourth-order valence-electron chi connectivity index (χ4n) is 3.35. The van der Waals surface area contributed by atoms with Crippen LogP contribution in [-0.2, 0) is 9.47 Å². The number of carbonyl (C=O) groups excluding carboxylic acids is 2. The number of para-hydroxylation sites is 1. The van der Waals surface area contributed by atoms with Crippen molar-refractivity contribution in [2.24, 2.45) is 0 Å². The molecule has 0 spiro atoms. The molecule has 4 rings (SSSR count). The van der Waals surface area contributed by atoms with Crippen molar-refractivity contribution in [2.75, 3.05) is 51.4 Å². The van der Waals surface area contributed by atoms with E-state index < -0.39 is 5.97 Å². The summed E-state index contributed by atoms with van der Waals surface area (Å²) in [6.45, 7) is 4.40. The first-order valence-corrected chi connectivity index (χ1v) is 10.6. The van der Waals surface area contributed by atoms with Gasteiger partial charge in [-0.2, -0.15) is 0 Å². The van der Waals surface area contributed by atoms with Gasteiger partial charge in [0.1, 0.15) is 0 Å². The van der Waals surface area contributed by atoms with Crippen LogP contribution >= 0.6 is 11.3 Å². The van der Waals surface area contributed by atoms with Crippen LogP contribution in [0, 0.1) is 0 Å². The summed E-state index contributed by atoms with van der Waals surface area (Å²) in [6, 6.07) is 14.4. The first kappa shape index (κ1) is 20.5. The predicted molar refractivity (Wildman–Crippen MR) is 116 cm³/mol. The van der Waals surface area contributed by atoms with Crippen molar-refractivity contribution in [3.05, 3.63) is 59.7 Å². The van der Waals surface area contributed by atoms with Gasteiger partial charge in [0.25, 0.3) is 5.91 Å². The molecule has 3 aromatic rings. The summed E-state index contributed by atoms with van der Waals surface area (Å²) < 4.78 is 11.2. The van der Waals surface area contributed by atoms with Gasteiger partial charge in [0.2, 0.25) is 0 Å². The minimum Gasteiger partial charge on any atom is -0.465 e. The lowest BCUT2D eigenvalue weighted by Crippen LogP contribution is -2.43. The molecule has 0 atom stereocenters. The van der Waals surface area contributed by atoms with Gasteiger partial charge in [-0.15, -0.1) is 0 Å². The maximum atomic E-state index is 13.4. The molecule has 0 unspecified atom stereocenters. The number of thiazole rings is 1. The number of nitrogens with zero attached hydrogens (tertiary/aromatic N) is 3. The number of fused-ring (bicyclic) bond motifs is 1.